The molecular weight excluding hydrogens is 869 g/mol. The van der Waals surface area contributed by atoms with Crippen molar-refractivity contribution in [2.45, 2.75) is 0 Å². The number of furan rings is 1. The Morgan fingerprint density at radius 1 is 0.343 bits per heavy atom. The lowest BCUT2D eigenvalue weighted by Crippen LogP contribution is -2.12. The summed E-state index contributed by atoms with van der Waals surface area (Å²) in [5, 5.41) is 7.17. The van der Waals surface area contributed by atoms with Crippen LogP contribution in [-0.4, -0.2) is 4.57 Å². The molecule has 70 heavy (non-hydrogen) atoms. The third-order valence-corrected chi connectivity index (χ3v) is 15.2. The molecule has 14 aromatic rings. The zero-order valence-corrected chi connectivity index (χ0v) is 38.8. The summed E-state index contributed by atoms with van der Waals surface area (Å²) in [7, 11) is 0. The summed E-state index contributed by atoms with van der Waals surface area (Å²) in [6, 6.07) is 92.3. The third kappa shape index (κ3) is 6.42. The minimum Gasteiger partial charge on any atom is -0.455 e. The maximum absolute atomic E-state index is 7.15. The second-order valence-electron chi connectivity index (χ2n) is 17.9. The Balaban J connectivity index is 1.03. The molecule has 0 bridgehead atoms. The molecule has 0 aliphatic rings. The first-order valence-electron chi connectivity index (χ1n) is 23.8. The fraction of sp³-hybridized carbons (Fsp3) is 0. The Hall–Kier alpha value is -8.96. The van der Waals surface area contributed by atoms with Crippen molar-refractivity contribution in [2.75, 3.05) is 4.90 Å². The SMILES string of the molecule is c1ccc(-c2ccc(N(c3ccc(-c4cccc5sc6ccccc6c45)cc3)c3ccc(-c4ccccc4-n4c5ccccc5c5ccccc54)c4oc5ccccc5c34)c(-c3ccccc3)c2)cc1. The lowest BCUT2D eigenvalue weighted by Gasteiger charge is -2.29. The van der Waals surface area contributed by atoms with Gasteiger partial charge in [-0.05, 0) is 101 Å². The van der Waals surface area contributed by atoms with Gasteiger partial charge in [-0.15, -0.1) is 11.3 Å². The highest BCUT2D eigenvalue weighted by Crippen LogP contribution is 2.50. The Morgan fingerprint density at radius 3 is 1.69 bits per heavy atom. The van der Waals surface area contributed by atoms with Crippen molar-refractivity contribution < 1.29 is 4.42 Å². The summed E-state index contributed by atoms with van der Waals surface area (Å²) >= 11 is 1.86. The molecule has 0 fully saturated rings. The first kappa shape index (κ1) is 40.1. The quantitative estimate of drug-likeness (QED) is 0.151. The standard InChI is InChI=1S/C66H42N2OS/c1-3-18-43(19-4-1)46-36-40-59(55(42-46)44-20-5-2-6-21-44)67(47-37-34-45(35-38-47)48-27-17-33-63-64(48)54-26-11-16-32-62(54)70-63)60-41-39-52(66-65(60)53-25-10-15-31-61(53)69-66)51-24-9-14-30-58(51)68-56-28-12-7-22-49(56)50-23-8-13-29-57(50)68/h1-42H. The zero-order valence-electron chi connectivity index (χ0n) is 38.0. The van der Waals surface area contributed by atoms with Gasteiger partial charge < -0.3 is 13.9 Å². The van der Waals surface area contributed by atoms with E-state index in [-0.39, 0.29) is 0 Å². The molecule has 3 heterocycles. The van der Waals surface area contributed by atoms with E-state index in [0.29, 0.717) is 0 Å². The number of anilines is 3. The lowest BCUT2D eigenvalue weighted by atomic mass is 9.94. The van der Waals surface area contributed by atoms with Gasteiger partial charge in [0.05, 0.1) is 33.5 Å². The van der Waals surface area contributed by atoms with E-state index in [4.69, 9.17) is 4.42 Å². The van der Waals surface area contributed by atoms with Gasteiger partial charge in [0.1, 0.15) is 11.2 Å². The smallest absolute Gasteiger partial charge is 0.145 e. The number of rotatable bonds is 8. The van der Waals surface area contributed by atoms with E-state index in [9.17, 15) is 0 Å². The van der Waals surface area contributed by atoms with Crippen molar-refractivity contribution in [3.8, 4) is 50.2 Å². The van der Waals surface area contributed by atoms with Crippen LogP contribution in [0.2, 0.25) is 0 Å². The van der Waals surface area contributed by atoms with Gasteiger partial charge in [0.15, 0.2) is 0 Å². The second kappa shape index (κ2) is 16.4. The van der Waals surface area contributed by atoms with E-state index in [0.717, 1.165) is 72.5 Å². The van der Waals surface area contributed by atoms with Crippen molar-refractivity contribution in [1.82, 2.24) is 4.57 Å². The molecule has 4 heteroatoms. The molecule has 0 spiro atoms. The summed E-state index contributed by atoms with van der Waals surface area (Å²) < 4.78 is 12.2. The topological polar surface area (TPSA) is 21.3 Å². The Bertz CT molecular complexity index is 4240. The molecule has 3 nitrogen and oxygen atoms in total. The van der Waals surface area contributed by atoms with Crippen molar-refractivity contribution in [3.63, 3.8) is 0 Å². The highest BCUT2D eigenvalue weighted by atomic mass is 32.1. The van der Waals surface area contributed by atoms with Gasteiger partial charge in [0, 0.05) is 58.7 Å². The molecule has 0 saturated heterocycles. The maximum Gasteiger partial charge on any atom is 0.145 e. The molecule has 0 radical (unpaired) electrons. The highest BCUT2D eigenvalue weighted by molar-refractivity contribution is 7.25. The average molecular weight is 911 g/mol. The molecule has 0 unspecified atom stereocenters. The van der Waals surface area contributed by atoms with Crippen LogP contribution in [0, 0.1) is 0 Å². The Morgan fingerprint density at radius 2 is 0.914 bits per heavy atom. The number of hydrogen-bond acceptors (Lipinski definition) is 3. The van der Waals surface area contributed by atoms with Crippen LogP contribution in [0.25, 0.3) is 114 Å². The largest absolute Gasteiger partial charge is 0.455 e. The number of fused-ring (bicyclic) bond motifs is 9. The minimum absolute atomic E-state index is 0.840. The number of thiophene rings is 1. The first-order chi connectivity index (χ1) is 34.7. The lowest BCUT2D eigenvalue weighted by molar-refractivity contribution is 0.670. The molecule has 0 aliphatic heterocycles. The number of hydrogen-bond donors (Lipinski definition) is 0. The zero-order chi connectivity index (χ0) is 46.1. The molecule has 0 N–H and O–H groups in total. The molecular formula is C66H42N2OS. The van der Waals surface area contributed by atoms with Crippen molar-refractivity contribution in [3.05, 3.63) is 255 Å². The van der Waals surface area contributed by atoms with Crippen molar-refractivity contribution in [1.29, 1.82) is 0 Å². The van der Waals surface area contributed by atoms with Crippen LogP contribution in [0.5, 0.6) is 0 Å². The number of benzene rings is 11. The fourth-order valence-electron chi connectivity index (χ4n) is 10.9. The van der Waals surface area contributed by atoms with E-state index in [1.54, 1.807) is 0 Å². The van der Waals surface area contributed by atoms with Gasteiger partial charge in [-0.1, -0.05) is 182 Å². The predicted molar refractivity (Wildman–Crippen MR) is 297 cm³/mol. The Labute approximate surface area is 409 Å². The van der Waals surface area contributed by atoms with Gasteiger partial charge in [-0.25, -0.2) is 0 Å². The van der Waals surface area contributed by atoms with Crippen molar-refractivity contribution >= 4 is 92.3 Å². The van der Waals surface area contributed by atoms with E-state index < -0.39 is 0 Å². The molecule has 328 valence electrons. The van der Waals surface area contributed by atoms with E-state index in [2.05, 4.69) is 264 Å². The van der Waals surface area contributed by atoms with Crippen LogP contribution < -0.4 is 4.90 Å². The molecule has 0 aliphatic carbocycles. The summed E-state index contributed by atoms with van der Waals surface area (Å²) in [6.07, 6.45) is 0. The number of para-hydroxylation sites is 4. The number of aromatic nitrogens is 1. The van der Waals surface area contributed by atoms with Gasteiger partial charge in [-0.2, -0.15) is 0 Å². The normalized spacial score (nSPS) is 11.7. The van der Waals surface area contributed by atoms with Crippen LogP contribution in [0.1, 0.15) is 0 Å². The monoisotopic (exact) mass is 910 g/mol. The molecule has 0 atom stereocenters. The Kier molecular flexibility index (Phi) is 9.39. The fourth-order valence-corrected chi connectivity index (χ4v) is 12.0. The maximum atomic E-state index is 7.15. The molecule has 0 amide bonds. The van der Waals surface area contributed by atoms with Gasteiger partial charge in [0.2, 0.25) is 0 Å². The van der Waals surface area contributed by atoms with Crippen LogP contribution in [-0.2, 0) is 0 Å². The predicted octanol–water partition coefficient (Wildman–Crippen LogP) is 19.2. The van der Waals surface area contributed by atoms with Crippen LogP contribution >= 0.6 is 11.3 Å². The van der Waals surface area contributed by atoms with Crippen LogP contribution in [0.3, 0.4) is 0 Å². The van der Waals surface area contributed by atoms with Crippen LogP contribution in [0.15, 0.2) is 259 Å². The highest BCUT2D eigenvalue weighted by Gasteiger charge is 2.26. The molecule has 3 aromatic heterocycles. The molecule has 0 saturated carbocycles. The molecule has 14 rings (SSSR count). The van der Waals surface area contributed by atoms with Gasteiger partial charge in [0.25, 0.3) is 0 Å². The van der Waals surface area contributed by atoms with Gasteiger partial charge >= 0.3 is 0 Å². The second-order valence-corrected chi connectivity index (χ2v) is 19.0. The number of nitrogens with zero attached hydrogens (tertiary/aromatic N) is 2. The van der Waals surface area contributed by atoms with E-state index >= 15 is 0 Å². The van der Waals surface area contributed by atoms with Crippen LogP contribution in [0.4, 0.5) is 17.1 Å². The van der Waals surface area contributed by atoms with E-state index in [1.807, 2.05) is 11.3 Å². The summed E-state index contributed by atoms with van der Waals surface area (Å²) in [6.45, 7) is 0. The molecule has 11 aromatic carbocycles. The minimum atomic E-state index is 0.840. The summed E-state index contributed by atoms with van der Waals surface area (Å²) in [5.74, 6) is 0. The average Bonchev–Trinajstić information content (AvgIpc) is 4.12. The van der Waals surface area contributed by atoms with Crippen molar-refractivity contribution in [2.24, 2.45) is 0 Å². The summed E-state index contributed by atoms with van der Waals surface area (Å²) in [5.41, 5.74) is 17.4. The first-order valence-corrected chi connectivity index (χ1v) is 24.6. The third-order valence-electron chi connectivity index (χ3n) is 14.0. The van der Waals surface area contributed by atoms with E-state index in [1.165, 1.54) is 58.7 Å². The van der Waals surface area contributed by atoms with Gasteiger partial charge in [-0.3, -0.25) is 0 Å². The summed E-state index contributed by atoms with van der Waals surface area (Å²) in [4.78, 5) is 2.45.